The Hall–Kier alpha value is -2.41. The molecule has 0 unspecified atom stereocenters. The van der Waals surface area contributed by atoms with Crippen LogP contribution in [0.5, 0.6) is 0 Å². The number of amides is 3. The number of nitrogens with zero attached hydrogens (tertiary/aromatic N) is 3. The van der Waals surface area contributed by atoms with Crippen molar-refractivity contribution >= 4 is 52.3 Å². The van der Waals surface area contributed by atoms with Gasteiger partial charge in [-0.05, 0) is 50.6 Å². The molecule has 3 fully saturated rings. The van der Waals surface area contributed by atoms with Crippen molar-refractivity contribution in [3.05, 3.63) is 58.1 Å². The molecule has 0 aliphatic carbocycles. The van der Waals surface area contributed by atoms with E-state index in [-0.39, 0.29) is 34.5 Å². The molecule has 0 radical (unpaired) electrons. The predicted octanol–water partition coefficient (Wildman–Crippen LogP) is 3.84. The summed E-state index contributed by atoms with van der Waals surface area (Å²) in [7, 11) is 0. The molecule has 4 aliphatic rings. The zero-order valence-electron chi connectivity index (χ0n) is 17.4. The van der Waals surface area contributed by atoms with Crippen molar-refractivity contribution in [2.45, 2.75) is 31.3 Å². The highest BCUT2D eigenvalue weighted by atomic mass is 35.5. The summed E-state index contributed by atoms with van der Waals surface area (Å²) >= 11 is 12.6. The van der Waals surface area contributed by atoms with Gasteiger partial charge in [0.15, 0.2) is 0 Å². The van der Waals surface area contributed by atoms with E-state index in [0.717, 1.165) is 24.1 Å². The van der Waals surface area contributed by atoms with Gasteiger partial charge in [-0.3, -0.25) is 19.3 Å². The topological polar surface area (TPSA) is 60.9 Å². The van der Waals surface area contributed by atoms with Crippen LogP contribution in [0.4, 0.5) is 11.4 Å². The second kappa shape index (κ2) is 6.80. The molecular formula is C24H21Cl2N3O3. The second-order valence-corrected chi connectivity index (χ2v) is 9.69. The number of benzene rings is 2. The first kappa shape index (κ1) is 20.2. The maximum Gasteiger partial charge on any atom is 0.253 e. The van der Waals surface area contributed by atoms with Crippen LogP contribution in [0.2, 0.25) is 10.0 Å². The summed E-state index contributed by atoms with van der Waals surface area (Å²) < 4.78 is 0. The van der Waals surface area contributed by atoms with Gasteiger partial charge < -0.3 is 4.90 Å². The van der Waals surface area contributed by atoms with Crippen molar-refractivity contribution in [2.75, 3.05) is 22.9 Å². The number of imide groups is 1. The minimum Gasteiger partial charge on any atom is -0.310 e. The van der Waals surface area contributed by atoms with Crippen molar-refractivity contribution in [2.24, 2.45) is 11.8 Å². The van der Waals surface area contributed by atoms with Crippen LogP contribution in [0.1, 0.15) is 25.3 Å². The van der Waals surface area contributed by atoms with E-state index in [9.17, 15) is 14.4 Å². The molecule has 0 saturated carbocycles. The fourth-order valence-electron chi connectivity index (χ4n) is 6.55. The number of carbonyl (C=O) groups excluding carboxylic acids is 3. The molecule has 6 rings (SSSR count). The predicted molar refractivity (Wildman–Crippen MR) is 122 cm³/mol. The number of likely N-dealkylation sites (N-methyl/N-ethyl adjacent to an activating group) is 1. The lowest BCUT2D eigenvalue weighted by molar-refractivity contribution is -0.137. The Labute approximate surface area is 195 Å². The SMILES string of the molecule is CCN1C(=O)[C@]2(c3ccccc31)[C@H]1C(=O)N(c3cc(Cl)ccc3Cl)C(=O)[C@@H]1[C@H]1CCCN12. The third-order valence-electron chi connectivity index (χ3n) is 7.61. The highest BCUT2D eigenvalue weighted by Crippen LogP contribution is 2.62. The average Bonchev–Trinajstić information content (AvgIpc) is 3.48. The fraction of sp³-hybridized carbons (Fsp3) is 0.375. The fourth-order valence-corrected chi connectivity index (χ4v) is 6.92. The van der Waals surface area contributed by atoms with Gasteiger partial charge in [0.25, 0.3) is 5.91 Å². The normalized spacial score (nSPS) is 31.1. The van der Waals surface area contributed by atoms with E-state index in [4.69, 9.17) is 23.2 Å². The van der Waals surface area contributed by atoms with E-state index in [1.165, 1.54) is 4.90 Å². The largest absolute Gasteiger partial charge is 0.310 e. The summed E-state index contributed by atoms with van der Waals surface area (Å²) in [5.41, 5.74) is 0.775. The molecule has 0 bridgehead atoms. The minimum atomic E-state index is -1.16. The Kier molecular flexibility index (Phi) is 4.29. The minimum absolute atomic E-state index is 0.110. The van der Waals surface area contributed by atoms with Crippen molar-refractivity contribution in [1.29, 1.82) is 0 Å². The van der Waals surface area contributed by atoms with Crippen molar-refractivity contribution in [1.82, 2.24) is 4.90 Å². The van der Waals surface area contributed by atoms with E-state index in [2.05, 4.69) is 4.90 Å². The summed E-state index contributed by atoms with van der Waals surface area (Å²) in [5, 5.41) is 0.667. The molecule has 164 valence electrons. The smallest absolute Gasteiger partial charge is 0.253 e. The Bertz CT molecular complexity index is 1200. The van der Waals surface area contributed by atoms with Crippen LogP contribution in [0.3, 0.4) is 0 Å². The number of carbonyl (C=O) groups is 3. The molecule has 3 saturated heterocycles. The van der Waals surface area contributed by atoms with E-state index in [1.54, 1.807) is 23.1 Å². The first-order chi connectivity index (χ1) is 15.4. The summed E-state index contributed by atoms with van der Waals surface area (Å²) in [6, 6.07) is 12.3. The maximum absolute atomic E-state index is 14.1. The maximum atomic E-state index is 14.1. The van der Waals surface area contributed by atoms with E-state index in [0.29, 0.717) is 18.1 Å². The number of hydrogen-bond acceptors (Lipinski definition) is 4. The number of hydrogen-bond donors (Lipinski definition) is 0. The van der Waals surface area contributed by atoms with Gasteiger partial charge in [0, 0.05) is 28.9 Å². The van der Waals surface area contributed by atoms with E-state index in [1.807, 2.05) is 31.2 Å². The van der Waals surface area contributed by atoms with Crippen LogP contribution in [0, 0.1) is 11.8 Å². The number of anilines is 2. The van der Waals surface area contributed by atoms with Crippen LogP contribution in [0.15, 0.2) is 42.5 Å². The van der Waals surface area contributed by atoms with Gasteiger partial charge in [0.2, 0.25) is 11.8 Å². The standard InChI is InChI=1S/C24H21Cl2N3O3/c1-2-27-16-7-4-3-6-14(16)24(23(27)32)20-19(17-8-5-11-28(17)24)21(30)29(22(20)31)18-12-13(25)9-10-15(18)26/h3-4,6-7,9-10,12,17,19-20H,2,5,8,11H2,1H3/t17-,19-,20-,24+/m1/s1. The average molecular weight is 470 g/mol. The molecule has 2 aromatic rings. The Morgan fingerprint density at radius 2 is 1.81 bits per heavy atom. The van der Waals surface area contributed by atoms with Crippen LogP contribution in [-0.4, -0.2) is 41.8 Å². The molecule has 2 aromatic carbocycles. The highest BCUT2D eigenvalue weighted by molar-refractivity contribution is 6.38. The van der Waals surface area contributed by atoms with Gasteiger partial charge in [-0.25, -0.2) is 4.90 Å². The zero-order chi connectivity index (χ0) is 22.4. The van der Waals surface area contributed by atoms with Crippen molar-refractivity contribution in [3.63, 3.8) is 0 Å². The number of para-hydroxylation sites is 1. The Morgan fingerprint density at radius 1 is 1.03 bits per heavy atom. The summed E-state index contributed by atoms with van der Waals surface area (Å²) in [4.78, 5) is 46.9. The van der Waals surface area contributed by atoms with Gasteiger partial charge >= 0.3 is 0 Å². The van der Waals surface area contributed by atoms with Crippen LogP contribution in [-0.2, 0) is 19.9 Å². The molecule has 4 heterocycles. The lowest BCUT2D eigenvalue weighted by atomic mass is 9.75. The zero-order valence-corrected chi connectivity index (χ0v) is 18.9. The molecule has 4 atom stereocenters. The third-order valence-corrected chi connectivity index (χ3v) is 8.16. The van der Waals surface area contributed by atoms with Gasteiger partial charge in [-0.2, -0.15) is 0 Å². The molecule has 0 aromatic heterocycles. The molecule has 3 amide bonds. The number of fused-ring (bicyclic) bond motifs is 7. The summed E-state index contributed by atoms with van der Waals surface area (Å²) in [6.07, 6.45) is 1.66. The van der Waals surface area contributed by atoms with E-state index < -0.39 is 17.4 Å². The third kappa shape index (κ3) is 2.23. The quantitative estimate of drug-likeness (QED) is 0.626. The summed E-state index contributed by atoms with van der Waals surface area (Å²) in [6.45, 7) is 3.12. The van der Waals surface area contributed by atoms with Crippen LogP contribution < -0.4 is 9.80 Å². The first-order valence-electron chi connectivity index (χ1n) is 10.9. The summed E-state index contributed by atoms with van der Waals surface area (Å²) in [5.74, 6) is -2.16. The van der Waals surface area contributed by atoms with Crippen molar-refractivity contribution < 1.29 is 14.4 Å². The van der Waals surface area contributed by atoms with E-state index >= 15 is 0 Å². The van der Waals surface area contributed by atoms with Gasteiger partial charge in [0.1, 0.15) is 5.54 Å². The monoisotopic (exact) mass is 469 g/mol. The first-order valence-corrected chi connectivity index (χ1v) is 11.7. The van der Waals surface area contributed by atoms with Crippen molar-refractivity contribution in [3.8, 4) is 0 Å². The van der Waals surface area contributed by atoms with Gasteiger partial charge in [-0.1, -0.05) is 41.4 Å². The molecular weight excluding hydrogens is 449 g/mol. The Balaban J connectivity index is 1.58. The van der Waals surface area contributed by atoms with Crippen LogP contribution >= 0.6 is 23.2 Å². The highest BCUT2D eigenvalue weighted by Gasteiger charge is 2.75. The number of halogens is 2. The molecule has 1 spiro atoms. The Morgan fingerprint density at radius 3 is 2.59 bits per heavy atom. The lowest BCUT2D eigenvalue weighted by Crippen LogP contribution is -2.56. The van der Waals surface area contributed by atoms with Gasteiger partial charge in [0.05, 0.1) is 22.5 Å². The van der Waals surface area contributed by atoms with Crippen LogP contribution in [0.25, 0.3) is 0 Å². The lowest BCUT2D eigenvalue weighted by Gasteiger charge is -2.37. The number of rotatable bonds is 2. The molecule has 8 heteroatoms. The second-order valence-electron chi connectivity index (χ2n) is 8.85. The molecule has 4 aliphatic heterocycles. The molecule has 0 N–H and O–H groups in total. The molecule has 32 heavy (non-hydrogen) atoms. The van der Waals surface area contributed by atoms with Gasteiger partial charge in [-0.15, -0.1) is 0 Å². The molecule has 6 nitrogen and oxygen atoms in total.